The Morgan fingerprint density at radius 1 is 1.31 bits per heavy atom. The minimum atomic E-state index is 0.365. The third-order valence-electron chi connectivity index (χ3n) is 2.45. The Balaban J connectivity index is 2.84. The van der Waals surface area contributed by atoms with E-state index in [0.717, 1.165) is 0 Å². The van der Waals surface area contributed by atoms with Crippen LogP contribution in [0.2, 0.25) is 0 Å². The van der Waals surface area contributed by atoms with Gasteiger partial charge in [0, 0.05) is 5.92 Å². The molecule has 0 aromatic heterocycles. The first-order valence-electron chi connectivity index (χ1n) is 4.54. The fraction of sp³-hybridized carbons (Fsp3) is 0.455. The Morgan fingerprint density at radius 2 is 2.00 bits per heavy atom. The summed E-state index contributed by atoms with van der Waals surface area (Å²) >= 11 is 0. The molecular weight excluding hydrogens is 162 g/mol. The molecule has 0 fully saturated rings. The van der Waals surface area contributed by atoms with Gasteiger partial charge in [0.15, 0.2) is 0 Å². The Kier molecular flexibility index (Phi) is 3.46. The summed E-state index contributed by atoms with van der Waals surface area (Å²) in [6.45, 7) is 6.91. The van der Waals surface area contributed by atoms with Crippen LogP contribution in [0.4, 0.5) is 0 Å². The summed E-state index contributed by atoms with van der Waals surface area (Å²) in [4.78, 5) is 4.63. The highest BCUT2D eigenvalue weighted by atomic mass is 16.6. The van der Waals surface area contributed by atoms with E-state index in [0.29, 0.717) is 12.5 Å². The summed E-state index contributed by atoms with van der Waals surface area (Å²) in [5.74, 6) is 5.40. The van der Waals surface area contributed by atoms with E-state index in [2.05, 4.69) is 43.8 Å². The van der Waals surface area contributed by atoms with Gasteiger partial charge in [-0.05, 0) is 30.5 Å². The van der Waals surface area contributed by atoms with E-state index in [1.54, 1.807) is 0 Å². The predicted octanol–water partition coefficient (Wildman–Crippen LogP) is 2.30. The van der Waals surface area contributed by atoms with Crippen LogP contribution in [0.1, 0.15) is 29.5 Å². The molecule has 1 atom stereocenters. The van der Waals surface area contributed by atoms with Gasteiger partial charge in [-0.15, -0.1) is 0 Å². The zero-order chi connectivity index (χ0) is 9.84. The molecule has 2 nitrogen and oxygen atoms in total. The third-order valence-corrected chi connectivity index (χ3v) is 2.45. The maximum absolute atomic E-state index is 5.03. The fourth-order valence-corrected chi connectivity index (χ4v) is 1.31. The standard InChI is InChI=1S/C11H17NO/c1-8-4-5-11(6-9(8)2)10(3)7-13-12/h4-6,10H,7,12H2,1-3H3. The number of aryl methyl sites for hydroxylation is 2. The average Bonchev–Trinajstić information content (AvgIpc) is 2.10. The Labute approximate surface area is 79.7 Å². The van der Waals surface area contributed by atoms with Gasteiger partial charge < -0.3 is 4.84 Å². The lowest BCUT2D eigenvalue weighted by atomic mass is 9.98. The molecule has 0 aliphatic rings. The summed E-state index contributed by atoms with van der Waals surface area (Å²) in [6.07, 6.45) is 0. The minimum absolute atomic E-state index is 0.365. The van der Waals surface area contributed by atoms with E-state index in [9.17, 15) is 0 Å². The van der Waals surface area contributed by atoms with E-state index in [1.807, 2.05) is 0 Å². The molecule has 0 amide bonds. The summed E-state index contributed by atoms with van der Waals surface area (Å²) in [7, 11) is 0. The van der Waals surface area contributed by atoms with Crippen LogP contribution in [0, 0.1) is 13.8 Å². The third kappa shape index (κ3) is 2.54. The van der Waals surface area contributed by atoms with Crippen molar-refractivity contribution in [1.82, 2.24) is 0 Å². The Morgan fingerprint density at radius 3 is 2.54 bits per heavy atom. The van der Waals surface area contributed by atoms with E-state index in [1.165, 1.54) is 16.7 Å². The van der Waals surface area contributed by atoms with E-state index in [-0.39, 0.29) is 0 Å². The molecule has 13 heavy (non-hydrogen) atoms. The summed E-state index contributed by atoms with van der Waals surface area (Å²) in [6, 6.07) is 6.46. The van der Waals surface area contributed by atoms with Crippen molar-refractivity contribution < 1.29 is 4.84 Å². The predicted molar refractivity (Wildman–Crippen MR) is 54.5 cm³/mol. The number of nitrogens with two attached hydrogens (primary N) is 1. The second kappa shape index (κ2) is 4.40. The second-order valence-electron chi connectivity index (χ2n) is 3.58. The molecule has 1 unspecified atom stereocenters. The van der Waals surface area contributed by atoms with Crippen molar-refractivity contribution in [2.24, 2.45) is 5.90 Å². The molecule has 0 saturated heterocycles. The molecule has 0 aliphatic heterocycles. The first kappa shape index (κ1) is 10.2. The summed E-state index contributed by atoms with van der Waals surface area (Å²) in [5.41, 5.74) is 3.93. The molecule has 1 aromatic carbocycles. The lowest BCUT2D eigenvalue weighted by molar-refractivity contribution is 0.126. The van der Waals surface area contributed by atoms with Crippen LogP contribution in [-0.4, -0.2) is 6.61 Å². The van der Waals surface area contributed by atoms with Crippen LogP contribution >= 0.6 is 0 Å². The highest BCUT2D eigenvalue weighted by Gasteiger charge is 2.05. The number of rotatable bonds is 3. The zero-order valence-corrected chi connectivity index (χ0v) is 8.50. The first-order valence-corrected chi connectivity index (χ1v) is 4.54. The minimum Gasteiger partial charge on any atom is -0.304 e. The molecule has 1 aromatic rings. The van der Waals surface area contributed by atoms with E-state index < -0.39 is 0 Å². The van der Waals surface area contributed by atoms with Gasteiger partial charge in [0.05, 0.1) is 6.61 Å². The Bertz CT molecular complexity index is 283. The normalized spacial score (nSPS) is 12.9. The van der Waals surface area contributed by atoms with Gasteiger partial charge in [-0.25, -0.2) is 5.90 Å². The largest absolute Gasteiger partial charge is 0.304 e. The summed E-state index contributed by atoms with van der Waals surface area (Å²) < 4.78 is 0. The van der Waals surface area contributed by atoms with E-state index >= 15 is 0 Å². The second-order valence-corrected chi connectivity index (χ2v) is 3.58. The van der Waals surface area contributed by atoms with Crippen molar-refractivity contribution in [2.45, 2.75) is 26.7 Å². The monoisotopic (exact) mass is 179 g/mol. The molecule has 72 valence electrons. The maximum Gasteiger partial charge on any atom is 0.0745 e. The lowest BCUT2D eigenvalue weighted by Crippen LogP contribution is -2.08. The van der Waals surface area contributed by atoms with Gasteiger partial charge in [0.25, 0.3) is 0 Å². The van der Waals surface area contributed by atoms with E-state index in [4.69, 9.17) is 5.90 Å². The van der Waals surface area contributed by atoms with Crippen LogP contribution in [-0.2, 0) is 4.84 Å². The van der Waals surface area contributed by atoms with Crippen LogP contribution in [0.25, 0.3) is 0 Å². The Hall–Kier alpha value is -0.860. The van der Waals surface area contributed by atoms with Gasteiger partial charge in [-0.2, -0.15) is 0 Å². The molecule has 0 bridgehead atoms. The first-order chi connectivity index (χ1) is 6.15. The van der Waals surface area contributed by atoms with Crippen LogP contribution in [0.3, 0.4) is 0 Å². The average molecular weight is 179 g/mol. The van der Waals surface area contributed by atoms with Crippen molar-refractivity contribution >= 4 is 0 Å². The highest BCUT2D eigenvalue weighted by Crippen LogP contribution is 2.18. The van der Waals surface area contributed by atoms with Crippen molar-refractivity contribution in [1.29, 1.82) is 0 Å². The van der Waals surface area contributed by atoms with Crippen LogP contribution < -0.4 is 5.90 Å². The van der Waals surface area contributed by atoms with Gasteiger partial charge in [-0.1, -0.05) is 25.1 Å². The smallest absolute Gasteiger partial charge is 0.0745 e. The number of benzene rings is 1. The fourth-order valence-electron chi connectivity index (χ4n) is 1.31. The summed E-state index contributed by atoms with van der Waals surface area (Å²) in [5, 5.41) is 0. The van der Waals surface area contributed by atoms with Gasteiger partial charge in [-0.3, -0.25) is 0 Å². The van der Waals surface area contributed by atoms with Crippen LogP contribution in [0.15, 0.2) is 18.2 Å². The molecule has 0 heterocycles. The van der Waals surface area contributed by atoms with Crippen molar-refractivity contribution in [3.8, 4) is 0 Å². The molecule has 1 rings (SSSR count). The SMILES string of the molecule is Cc1ccc(C(C)CON)cc1C. The van der Waals surface area contributed by atoms with Crippen molar-refractivity contribution in [3.63, 3.8) is 0 Å². The quantitative estimate of drug-likeness (QED) is 0.722. The maximum atomic E-state index is 5.03. The zero-order valence-electron chi connectivity index (χ0n) is 8.50. The molecular formula is C11H17NO. The molecule has 0 saturated carbocycles. The lowest BCUT2D eigenvalue weighted by Gasteiger charge is -2.11. The van der Waals surface area contributed by atoms with Gasteiger partial charge in [0.1, 0.15) is 0 Å². The molecule has 0 radical (unpaired) electrons. The molecule has 0 spiro atoms. The van der Waals surface area contributed by atoms with Crippen molar-refractivity contribution in [3.05, 3.63) is 34.9 Å². The molecule has 2 N–H and O–H groups in total. The molecule has 0 aliphatic carbocycles. The topological polar surface area (TPSA) is 35.2 Å². The van der Waals surface area contributed by atoms with Gasteiger partial charge in [0.2, 0.25) is 0 Å². The number of hydrogen-bond acceptors (Lipinski definition) is 2. The molecule has 2 heteroatoms. The van der Waals surface area contributed by atoms with Crippen molar-refractivity contribution in [2.75, 3.05) is 6.61 Å². The highest BCUT2D eigenvalue weighted by molar-refractivity contribution is 5.31. The van der Waals surface area contributed by atoms with Gasteiger partial charge >= 0.3 is 0 Å². The van der Waals surface area contributed by atoms with Crippen LogP contribution in [0.5, 0.6) is 0 Å². The number of hydrogen-bond donors (Lipinski definition) is 1.